The molecule has 23 heavy (non-hydrogen) atoms. The molecular weight excluding hydrogens is 378 g/mol. The Hall–Kier alpha value is -1.99. The van der Waals surface area contributed by atoms with Gasteiger partial charge in [0.05, 0.1) is 5.56 Å². The molecule has 2 aromatic heterocycles. The third kappa shape index (κ3) is 3.35. The first-order chi connectivity index (χ1) is 11.1. The second-order valence-corrected chi connectivity index (χ2v) is 6.76. The quantitative estimate of drug-likeness (QED) is 0.743. The maximum Gasteiger partial charge on any atom is 0.258 e. The summed E-state index contributed by atoms with van der Waals surface area (Å²) in [4.78, 5) is 29.3. The molecule has 0 aliphatic carbocycles. The van der Waals surface area contributed by atoms with Crippen LogP contribution in [0.3, 0.4) is 0 Å². The van der Waals surface area contributed by atoms with Crippen molar-refractivity contribution in [3.63, 3.8) is 0 Å². The fourth-order valence-corrected chi connectivity index (χ4v) is 3.74. The number of nitrogens with one attached hydrogen (secondary N) is 1. The van der Waals surface area contributed by atoms with Crippen LogP contribution in [0.15, 0.2) is 45.0 Å². The van der Waals surface area contributed by atoms with E-state index in [-0.39, 0.29) is 11.5 Å². The number of halogens is 1. The molecule has 1 amide bonds. The van der Waals surface area contributed by atoms with E-state index in [4.69, 9.17) is 0 Å². The smallest absolute Gasteiger partial charge is 0.258 e. The fraction of sp³-hybridized carbons (Fsp3) is 0.188. The monoisotopic (exact) mass is 391 g/mol. The van der Waals surface area contributed by atoms with Crippen molar-refractivity contribution in [2.45, 2.75) is 13.3 Å². The third-order valence-corrected chi connectivity index (χ3v) is 4.95. The number of amides is 1. The van der Waals surface area contributed by atoms with Crippen molar-refractivity contribution in [2.75, 3.05) is 6.54 Å². The van der Waals surface area contributed by atoms with E-state index in [9.17, 15) is 9.59 Å². The highest BCUT2D eigenvalue weighted by atomic mass is 79.9. The maximum absolute atomic E-state index is 12.1. The van der Waals surface area contributed by atoms with E-state index in [2.05, 4.69) is 26.2 Å². The van der Waals surface area contributed by atoms with Gasteiger partial charge in [0.25, 0.3) is 11.5 Å². The zero-order valence-electron chi connectivity index (χ0n) is 12.4. The number of aromatic nitrogens is 2. The molecule has 0 aliphatic heterocycles. The number of nitrogens with zero attached hydrogens (tertiary/aromatic N) is 2. The zero-order valence-corrected chi connectivity index (χ0v) is 14.8. The molecule has 0 spiro atoms. The summed E-state index contributed by atoms with van der Waals surface area (Å²) >= 11 is 4.80. The molecule has 7 heteroatoms. The average Bonchev–Trinajstić information content (AvgIpc) is 2.90. The van der Waals surface area contributed by atoms with Gasteiger partial charge in [0.2, 0.25) is 0 Å². The molecule has 0 radical (unpaired) electrons. The lowest BCUT2D eigenvalue weighted by Crippen LogP contribution is -2.27. The molecule has 0 unspecified atom stereocenters. The van der Waals surface area contributed by atoms with Crippen molar-refractivity contribution >= 4 is 38.1 Å². The minimum absolute atomic E-state index is 0.0825. The minimum atomic E-state index is -0.140. The molecule has 0 fully saturated rings. The number of carbonyl (C=O) groups is 1. The Labute approximate surface area is 145 Å². The van der Waals surface area contributed by atoms with E-state index in [1.54, 1.807) is 17.4 Å². The van der Waals surface area contributed by atoms with Gasteiger partial charge in [-0.3, -0.25) is 14.0 Å². The molecule has 118 valence electrons. The van der Waals surface area contributed by atoms with Gasteiger partial charge in [0.15, 0.2) is 4.96 Å². The van der Waals surface area contributed by atoms with E-state index in [1.165, 1.54) is 17.4 Å². The number of thiazole rings is 1. The average molecular weight is 392 g/mol. The Morgan fingerprint density at radius 2 is 2.17 bits per heavy atom. The van der Waals surface area contributed by atoms with Crippen LogP contribution < -0.4 is 10.9 Å². The summed E-state index contributed by atoms with van der Waals surface area (Å²) in [5, 5.41) is 4.78. The van der Waals surface area contributed by atoms with Gasteiger partial charge in [-0.2, -0.15) is 0 Å². The summed E-state index contributed by atoms with van der Waals surface area (Å²) in [6, 6.07) is 8.79. The minimum Gasteiger partial charge on any atom is -0.352 e. The lowest BCUT2D eigenvalue weighted by atomic mass is 10.2. The third-order valence-electron chi connectivity index (χ3n) is 3.39. The van der Waals surface area contributed by atoms with Gasteiger partial charge in [-0.05, 0) is 35.0 Å². The van der Waals surface area contributed by atoms with Crippen LogP contribution in [0.5, 0.6) is 0 Å². The van der Waals surface area contributed by atoms with Crippen LogP contribution in [0.2, 0.25) is 0 Å². The topological polar surface area (TPSA) is 63.5 Å². The van der Waals surface area contributed by atoms with Crippen LogP contribution >= 0.6 is 27.3 Å². The van der Waals surface area contributed by atoms with Crippen molar-refractivity contribution in [2.24, 2.45) is 0 Å². The Bertz CT molecular complexity index is 932. The highest BCUT2D eigenvalue weighted by Gasteiger charge is 2.10. The van der Waals surface area contributed by atoms with Gasteiger partial charge in [-0.25, -0.2) is 4.98 Å². The Balaban J connectivity index is 1.71. The molecule has 0 bridgehead atoms. The predicted molar refractivity (Wildman–Crippen MR) is 94.3 cm³/mol. The predicted octanol–water partition coefficient (Wildman–Crippen LogP) is 2.80. The highest BCUT2D eigenvalue weighted by molar-refractivity contribution is 9.10. The van der Waals surface area contributed by atoms with Crippen molar-refractivity contribution in [3.05, 3.63) is 67.5 Å². The Kier molecular flexibility index (Phi) is 4.58. The highest BCUT2D eigenvalue weighted by Crippen LogP contribution is 2.16. The summed E-state index contributed by atoms with van der Waals surface area (Å²) in [5.74, 6) is -0.140. The largest absolute Gasteiger partial charge is 0.352 e. The molecule has 0 saturated heterocycles. The lowest BCUT2D eigenvalue weighted by molar-refractivity contribution is 0.0953. The van der Waals surface area contributed by atoms with E-state index in [1.807, 2.05) is 23.6 Å². The van der Waals surface area contributed by atoms with Crippen LogP contribution in [-0.4, -0.2) is 21.8 Å². The second-order valence-electron chi connectivity index (χ2n) is 5.07. The van der Waals surface area contributed by atoms with Crippen molar-refractivity contribution in [3.8, 4) is 0 Å². The summed E-state index contributed by atoms with van der Waals surface area (Å²) in [7, 11) is 0. The van der Waals surface area contributed by atoms with Crippen LogP contribution in [-0.2, 0) is 6.42 Å². The molecule has 0 aliphatic rings. The number of benzene rings is 1. The molecule has 3 aromatic rings. The summed E-state index contributed by atoms with van der Waals surface area (Å²) in [6.45, 7) is 2.26. The van der Waals surface area contributed by atoms with Crippen molar-refractivity contribution in [1.82, 2.24) is 14.7 Å². The summed E-state index contributed by atoms with van der Waals surface area (Å²) in [5.41, 5.74) is 2.08. The first kappa shape index (κ1) is 15.9. The molecule has 5 nitrogen and oxygen atoms in total. The number of hydrogen-bond donors (Lipinski definition) is 1. The molecule has 0 atom stereocenters. The standard InChI is InChI=1S/C16H14BrN3O2S/c1-10-8-14(21)20-11(9-23-16(20)19-10)6-7-18-15(22)12-4-2-3-5-13(12)17/h2-5,8-9H,6-7H2,1H3,(H,18,22). The van der Waals surface area contributed by atoms with Crippen LogP contribution in [0.4, 0.5) is 0 Å². The van der Waals surface area contributed by atoms with Gasteiger partial charge >= 0.3 is 0 Å². The molecule has 2 heterocycles. The van der Waals surface area contributed by atoms with Gasteiger partial charge in [-0.1, -0.05) is 12.1 Å². The van der Waals surface area contributed by atoms with E-state index in [0.717, 1.165) is 10.2 Å². The molecule has 1 N–H and O–H groups in total. The maximum atomic E-state index is 12.1. The second kappa shape index (κ2) is 6.64. The zero-order chi connectivity index (χ0) is 16.4. The van der Waals surface area contributed by atoms with Crippen LogP contribution in [0, 0.1) is 6.92 Å². The number of aryl methyl sites for hydroxylation is 1. The van der Waals surface area contributed by atoms with Gasteiger partial charge in [0, 0.05) is 40.3 Å². The van der Waals surface area contributed by atoms with E-state index < -0.39 is 0 Å². The summed E-state index contributed by atoms with van der Waals surface area (Å²) < 4.78 is 2.36. The number of rotatable bonds is 4. The van der Waals surface area contributed by atoms with Gasteiger partial charge in [0.1, 0.15) is 0 Å². The fourth-order valence-electron chi connectivity index (χ4n) is 2.30. The van der Waals surface area contributed by atoms with Gasteiger partial charge < -0.3 is 5.32 Å². The molecule has 1 aromatic carbocycles. The summed E-state index contributed by atoms with van der Waals surface area (Å²) in [6.07, 6.45) is 0.570. The molecule has 0 saturated carbocycles. The first-order valence-electron chi connectivity index (χ1n) is 7.06. The number of fused-ring (bicyclic) bond motifs is 1. The first-order valence-corrected chi connectivity index (χ1v) is 8.73. The SMILES string of the molecule is Cc1cc(=O)n2c(CCNC(=O)c3ccccc3Br)csc2n1. The molecule has 3 rings (SSSR count). The number of hydrogen-bond acceptors (Lipinski definition) is 4. The molecular formula is C16H14BrN3O2S. The van der Waals surface area contributed by atoms with E-state index >= 15 is 0 Å². The van der Waals surface area contributed by atoms with E-state index in [0.29, 0.717) is 29.2 Å². The van der Waals surface area contributed by atoms with Crippen LogP contribution in [0.25, 0.3) is 4.96 Å². The lowest BCUT2D eigenvalue weighted by Gasteiger charge is -2.06. The van der Waals surface area contributed by atoms with Crippen molar-refractivity contribution < 1.29 is 4.79 Å². The van der Waals surface area contributed by atoms with Gasteiger partial charge in [-0.15, -0.1) is 11.3 Å². The number of carbonyl (C=O) groups excluding carboxylic acids is 1. The van der Waals surface area contributed by atoms with Crippen LogP contribution in [0.1, 0.15) is 21.7 Å². The Morgan fingerprint density at radius 1 is 1.39 bits per heavy atom. The normalized spacial score (nSPS) is 10.9. The van der Waals surface area contributed by atoms with Crippen molar-refractivity contribution in [1.29, 1.82) is 0 Å². The Morgan fingerprint density at radius 3 is 2.96 bits per heavy atom.